The zero-order valence-electron chi connectivity index (χ0n) is 21.3. The highest BCUT2D eigenvalue weighted by Crippen LogP contribution is 2.48. The van der Waals surface area contributed by atoms with Gasteiger partial charge in [-0.15, -0.1) is 10.2 Å². The molecule has 0 aromatic carbocycles. The van der Waals surface area contributed by atoms with Crippen molar-refractivity contribution in [2.75, 3.05) is 25.5 Å². The van der Waals surface area contributed by atoms with Crippen LogP contribution in [-0.4, -0.2) is 69.0 Å². The van der Waals surface area contributed by atoms with Gasteiger partial charge in [-0.2, -0.15) is 5.10 Å². The van der Waals surface area contributed by atoms with Crippen LogP contribution in [0.1, 0.15) is 55.8 Å². The van der Waals surface area contributed by atoms with E-state index in [1.54, 1.807) is 7.11 Å². The van der Waals surface area contributed by atoms with Gasteiger partial charge in [0.05, 0.1) is 17.2 Å². The molecule has 2 aliphatic carbocycles. The molecule has 12 nitrogen and oxygen atoms in total. The molecular weight excluding hydrogens is 520 g/mol. The van der Waals surface area contributed by atoms with Crippen LogP contribution < -0.4 is 4.72 Å². The molecule has 14 heteroatoms. The third-order valence-corrected chi connectivity index (χ3v) is 9.14. The first-order valence-electron chi connectivity index (χ1n) is 12.2. The van der Waals surface area contributed by atoms with Crippen LogP contribution in [0.4, 0.5) is 5.95 Å². The molecule has 3 heterocycles. The minimum atomic E-state index is -4.01. The fourth-order valence-electron chi connectivity index (χ4n) is 5.11. The van der Waals surface area contributed by atoms with Crippen molar-refractivity contribution in [3.63, 3.8) is 0 Å². The highest BCUT2D eigenvalue weighted by molar-refractivity contribution is 7.93. The first-order chi connectivity index (χ1) is 17.7. The van der Waals surface area contributed by atoms with Crippen LogP contribution in [0.3, 0.4) is 0 Å². The van der Waals surface area contributed by atoms with Gasteiger partial charge in [0.2, 0.25) is 16.0 Å². The SMILES string of the molecule is COCC1(n2c(NS(=O)(=O)[C@@H](C)[C@H](OC)c3ncc(Cl)cn3)nnc2-c2nn(C)c3c2CCCC3)CC1. The lowest BCUT2D eigenvalue weighted by atomic mass is 9.95. The first-order valence-corrected chi connectivity index (χ1v) is 14.1. The predicted molar refractivity (Wildman–Crippen MR) is 137 cm³/mol. The number of nitrogens with one attached hydrogen (secondary N) is 1. The van der Waals surface area contributed by atoms with Gasteiger partial charge in [-0.3, -0.25) is 14.0 Å². The van der Waals surface area contributed by atoms with Crippen molar-refractivity contribution in [3.05, 3.63) is 34.5 Å². The van der Waals surface area contributed by atoms with E-state index in [9.17, 15) is 8.42 Å². The smallest absolute Gasteiger partial charge is 0.240 e. The van der Waals surface area contributed by atoms with Gasteiger partial charge in [-0.25, -0.2) is 18.4 Å². The van der Waals surface area contributed by atoms with E-state index in [0.29, 0.717) is 17.5 Å². The standard InChI is InChI=1S/C23H31ClN8O4S/c1-14(19(36-4)20-25-11-15(24)12-26-20)37(33,34)30-22-28-27-21(32(22)23(9-10-23)13-35-3)18-16-7-5-6-8-17(16)31(2)29-18/h11-12,14,19H,5-10,13H2,1-4H3,(H,28,30)/t14-,19-/m0/s1. The largest absolute Gasteiger partial charge is 0.382 e. The van der Waals surface area contributed by atoms with Crippen LogP contribution in [0, 0.1) is 0 Å². The Morgan fingerprint density at radius 1 is 1.16 bits per heavy atom. The second kappa shape index (κ2) is 9.93. The van der Waals surface area contributed by atoms with Crippen LogP contribution in [0.25, 0.3) is 11.5 Å². The Kier molecular flexibility index (Phi) is 6.98. The number of fused-ring (bicyclic) bond motifs is 1. The number of aromatic nitrogens is 7. The average molecular weight is 551 g/mol. The predicted octanol–water partition coefficient (Wildman–Crippen LogP) is 2.65. The summed E-state index contributed by atoms with van der Waals surface area (Å²) in [7, 11) is 0.971. The molecule has 0 saturated heterocycles. The van der Waals surface area contributed by atoms with Crippen LogP contribution in [0.15, 0.2) is 12.4 Å². The molecule has 0 bridgehead atoms. The fourth-order valence-corrected chi connectivity index (χ4v) is 6.34. The average Bonchev–Trinajstić information content (AvgIpc) is 3.41. The number of sulfonamides is 1. The van der Waals surface area contributed by atoms with Gasteiger partial charge in [-0.05, 0) is 45.4 Å². The van der Waals surface area contributed by atoms with E-state index in [0.717, 1.165) is 49.8 Å². The van der Waals surface area contributed by atoms with Gasteiger partial charge >= 0.3 is 0 Å². The second-order valence-electron chi connectivity index (χ2n) is 9.71. The third-order valence-electron chi connectivity index (χ3n) is 7.25. The Labute approximate surface area is 220 Å². The topological polar surface area (TPSA) is 139 Å². The van der Waals surface area contributed by atoms with E-state index < -0.39 is 26.9 Å². The Hall–Kier alpha value is -2.61. The molecule has 3 aromatic heterocycles. The summed E-state index contributed by atoms with van der Waals surface area (Å²) >= 11 is 5.90. The molecule has 1 fully saturated rings. The molecule has 2 atom stereocenters. The summed E-state index contributed by atoms with van der Waals surface area (Å²) < 4.78 is 44.6. The number of nitrogens with zero attached hydrogens (tertiary/aromatic N) is 7. The van der Waals surface area contributed by atoms with Gasteiger partial charge < -0.3 is 9.47 Å². The lowest BCUT2D eigenvalue weighted by molar-refractivity contribution is 0.0950. The van der Waals surface area contributed by atoms with E-state index in [-0.39, 0.29) is 11.8 Å². The molecule has 0 spiro atoms. The highest BCUT2D eigenvalue weighted by atomic mass is 35.5. The molecule has 0 amide bonds. The molecule has 200 valence electrons. The number of hydrogen-bond acceptors (Lipinski definition) is 9. The first kappa shape index (κ1) is 26.0. The number of rotatable bonds is 10. The fraction of sp³-hybridized carbons (Fsp3) is 0.609. The van der Waals surface area contributed by atoms with Crippen molar-refractivity contribution in [1.82, 2.24) is 34.5 Å². The maximum atomic E-state index is 13.6. The van der Waals surface area contributed by atoms with E-state index in [4.69, 9.17) is 26.2 Å². The van der Waals surface area contributed by atoms with Crippen LogP contribution in [0.2, 0.25) is 5.02 Å². The maximum absolute atomic E-state index is 13.6. The summed E-state index contributed by atoms with van der Waals surface area (Å²) in [6.07, 6.45) is 7.55. The van der Waals surface area contributed by atoms with E-state index in [2.05, 4.69) is 24.9 Å². The lowest BCUT2D eigenvalue weighted by Crippen LogP contribution is -2.35. The van der Waals surface area contributed by atoms with Gasteiger partial charge in [-0.1, -0.05) is 11.6 Å². The van der Waals surface area contributed by atoms with E-state index in [1.165, 1.54) is 32.1 Å². The lowest BCUT2D eigenvalue weighted by Gasteiger charge is -2.24. The van der Waals surface area contributed by atoms with Gasteiger partial charge in [0.15, 0.2) is 11.6 Å². The number of methoxy groups -OCH3 is 2. The maximum Gasteiger partial charge on any atom is 0.240 e. The molecule has 0 radical (unpaired) electrons. The molecule has 37 heavy (non-hydrogen) atoms. The number of halogens is 1. The number of anilines is 1. The minimum absolute atomic E-state index is 0.124. The summed E-state index contributed by atoms with van der Waals surface area (Å²) in [5.74, 6) is 0.881. The van der Waals surface area contributed by atoms with E-state index in [1.807, 2.05) is 16.3 Å². The van der Waals surface area contributed by atoms with Gasteiger partial charge in [0, 0.05) is 44.9 Å². The van der Waals surface area contributed by atoms with Crippen LogP contribution >= 0.6 is 11.6 Å². The Morgan fingerprint density at radius 2 is 1.86 bits per heavy atom. The Balaban J connectivity index is 1.53. The molecular formula is C23H31ClN8O4S. The van der Waals surface area contributed by atoms with Gasteiger partial charge in [0.1, 0.15) is 17.0 Å². The van der Waals surface area contributed by atoms with Crippen molar-refractivity contribution in [2.24, 2.45) is 7.05 Å². The molecule has 1 N–H and O–H groups in total. The zero-order chi connectivity index (χ0) is 26.4. The number of hydrogen-bond donors (Lipinski definition) is 1. The van der Waals surface area contributed by atoms with Crippen molar-refractivity contribution < 1.29 is 17.9 Å². The second-order valence-corrected chi connectivity index (χ2v) is 12.2. The summed E-state index contributed by atoms with van der Waals surface area (Å²) in [6, 6.07) is 0. The van der Waals surface area contributed by atoms with Crippen molar-refractivity contribution in [1.29, 1.82) is 0 Å². The van der Waals surface area contributed by atoms with Crippen LogP contribution in [0.5, 0.6) is 0 Å². The zero-order valence-corrected chi connectivity index (χ0v) is 22.9. The Bertz CT molecular complexity index is 1380. The summed E-state index contributed by atoms with van der Waals surface area (Å²) in [5.41, 5.74) is 2.63. The van der Waals surface area contributed by atoms with Crippen molar-refractivity contribution in [2.45, 2.75) is 62.3 Å². The molecule has 2 aliphatic rings. The molecule has 0 aliphatic heterocycles. The summed E-state index contributed by atoms with van der Waals surface area (Å²) in [4.78, 5) is 8.30. The molecule has 0 unspecified atom stereocenters. The van der Waals surface area contributed by atoms with Gasteiger partial charge in [0.25, 0.3) is 0 Å². The normalized spacial score (nSPS) is 18.3. The van der Waals surface area contributed by atoms with Crippen molar-refractivity contribution >= 4 is 27.6 Å². The summed E-state index contributed by atoms with van der Waals surface area (Å²) in [6.45, 7) is 1.93. The number of ether oxygens (including phenoxy) is 2. The highest BCUT2D eigenvalue weighted by Gasteiger charge is 2.49. The number of aryl methyl sites for hydroxylation is 1. The Morgan fingerprint density at radius 3 is 2.51 bits per heavy atom. The third kappa shape index (κ3) is 4.73. The molecule has 1 saturated carbocycles. The van der Waals surface area contributed by atoms with Crippen molar-refractivity contribution in [3.8, 4) is 11.5 Å². The molecule has 3 aromatic rings. The quantitative estimate of drug-likeness (QED) is 0.403. The minimum Gasteiger partial charge on any atom is -0.382 e. The monoisotopic (exact) mass is 550 g/mol. The van der Waals surface area contributed by atoms with E-state index >= 15 is 0 Å². The van der Waals surface area contributed by atoms with Crippen LogP contribution in [-0.2, 0) is 44.9 Å². The molecule has 5 rings (SSSR count). The summed E-state index contributed by atoms with van der Waals surface area (Å²) in [5, 5.41) is 12.8.